The number of anilines is 4. The maximum Gasteiger partial charge on any atom is 0.137 e. The maximum atomic E-state index is 6.87. The van der Waals surface area contributed by atoms with Crippen LogP contribution in [-0.2, 0) is 16.2 Å². The summed E-state index contributed by atoms with van der Waals surface area (Å²) in [6, 6.07) is 68.3. The van der Waals surface area contributed by atoms with Crippen molar-refractivity contribution in [1.29, 1.82) is 0 Å². The molecule has 8 aromatic carbocycles. The van der Waals surface area contributed by atoms with Crippen molar-refractivity contribution in [2.45, 2.75) is 85.5 Å². The summed E-state index contributed by atoms with van der Waals surface area (Å²) in [4.78, 5) is 10.1. The Hall–Kier alpha value is -7.89. The molecule has 0 bridgehead atoms. The fourth-order valence-corrected chi connectivity index (χ4v) is 10.3. The van der Waals surface area contributed by atoms with E-state index in [0.717, 1.165) is 61.8 Å². The SMILES string of the molecule is Cc1cc(-n2c3ccccc3c3ccc(Oc4cccc(N5CN(c6cc(C(C)(C)C)cc(C(C)(C)C)c6)c6cc(-c7cccc(C(C)(C)C)c7)ccc65)c4)cc32)ncc1-c1cccc(-c2ccccc2)c1. The van der Waals surface area contributed by atoms with Gasteiger partial charge in [-0.25, -0.2) is 4.98 Å². The van der Waals surface area contributed by atoms with E-state index in [1.807, 2.05) is 6.20 Å². The van der Waals surface area contributed by atoms with Crippen molar-refractivity contribution >= 4 is 44.6 Å². The smallest absolute Gasteiger partial charge is 0.137 e. The van der Waals surface area contributed by atoms with Crippen LogP contribution < -0.4 is 14.5 Å². The minimum Gasteiger partial charge on any atom is -0.457 e. The summed E-state index contributed by atoms with van der Waals surface area (Å²) in [6.07, 6.45) is 2.02. The molecule has 0 amide bonds. The Bertz CT molecular complexity index is 3640. The van der Waals surface area contributed by atoms with Gasteiger partial charge in [0.05, 0.1) is 22.4 Å². The molecule has 0 N–H and O–H groups in total. The Morgan fingerprint density at radius 1 is 0.417 bits per heavy atom. The minimum absolute atomic E-state index is 0.0211. The van der Waals surface area contributed by atoms with Crippen molar-refractivity contribution in [2.75, 3.05) is 16.5 Å². The highest BCUT2D eigenvalue weighted by Gasteiger charge is 2.31. The summed E-state index contributed by atoms with van der Waals surface area (Å²) in [6.45, 7) is 23.6. The first-order valence-corrected chi connectivity index (χ1v) is 25.4. The van der Waals surface area contributed by atoms with Crippen molar-refractivity contribution in [3.05, 3.63) is 217 Å². The molecule has 5 nitrogen and oxygen atoms in total. The average Bonchev–Trinajstić information content (AvgIpc) is 3.91. The molecule has 0 saturated heterocycles. The Kier molecular flexibility index (Phi) is 11.5. The molecule has 72 heavy (non-hydrogen) atoms. The Morgan fingerprint density at radius 3 is 1.76 bits per heavy atom. The summed E-state index contributed by atoms with van der Waals surface area (Å²) in [5, 5.41) is 2.32. The third-order valence-corrected chi connectivity index (χ3v) is 14.5. The molecule has 0 spiro atoms. The van der Waals surface area contributed by atoms with Gasteiger partial charge in [-0.2, -0.15) is 0 Å². The lowest BCUT2D eigenvalue weighted by atomic mass is 9.80. The van der Waals surface area contributed by atoms with Gasteiger partial charge in [0.2, 0.25) is 0 Å². The second kappa shape index (κ2) is 17.8. The van der Waals surface area contributed by atoms with Gasteiger partial charge >= 0.3 is 0 Å². The maximum absolute atomic E-state index is 6.87. The molecule has 2 aromatic heterocycles. The van der Waals surface area contributed by atoms with Gasteiger partial charge in [0.1, 0.15) is 24.0 Å². The van der Waals surface area contributed by atoms with Crippen LogP contribution >= 0.6 is 0 Å². The number of hydrogen-bond donors (Lipinski definition) is 0. The van der Waals surface area contributed by atoms with Crippen LogP contribution in [0, 0.1) is 6.92 Å². The van der Waals surface area contributed by atoms with Crippen molar-refractivity contribution < 1.29 is 4.74 Å². The Labute approximate surface area is 426 Å². The van der Waals surface area contributed by atoms with Crippen molar-refractivity contribution in [3.8, 4) is 50.7 Å². The van der Waals surface area contributed by atoms with Gasteiger partial charge in [-0.3, -0.25) is 4.57 Å². The van der Waals surface area contributed by atoms with Crippen LogP contribution in [0.2, 0.25) is 0 Å². The number of pyridine rings is 1. The summed E-state index contributed by atoms with van der Waals surface area (Å²) in [5.41, 5.74) is 19.0. The molecule has 5 heteroatoms. The fraction of sp³-hybridized carbons (Fsp3) is 0.209. The number of para-hydroxylation sites is 1. The average molecular weight is 941 g/mol. The van der Waals surface area contributed by atoms with Crippen LogP contribution in [0.1, 0.15) is 84.6 Å². The highest BCUT2D eigenvalue weighted by molar-refractivity contribution is 6.09. The molecule has 0 unspecified atom stereocenters. The van der Waals surface area contributed by atoms with Crippen molar-refractivity contribution in [1.82, 2.24) is 9.55 Å². The number of nitrogens with zero attached hydrogens (tertiary/aromatic N) is 4. The number of fused-ring (bicyclic) bond motifs is 4. The van der Waals surface area contributed by atoms with E-state index in [1.54, 1.807) is 0 Å². The second-order valence-electron chi connectivity index (χ2n) is 22.7. The molecule has 11 rings (SSSR count). The zero-order chi connectivity index (χ0) is 50.1. The Morgan fingerprint density at radius 2 is 1.03 bits per heavy atom. The number of aryl methyl sites for hydroxylation is 1. The van der Waals surface area contributed by atoms with Crippen LogP contribution in [0.15, 0.2) is 194 Å². The molecular weight excluding hydrogens is 877 g/mol. The topological polar surface area (TPSA) is 33.5 Å². The van der Waals surface area contributed by atoms with E-state index in [4.69, 9.17) is 9.72 Å². The summed E-state index contributed by atoms with van der Waals surface area (Å²) in [7, 11) is 0. The summed E-state index contributed by atoms with van der Waals surface area (Å²) in [5.74, 6) is 2.39. The van der Waals surface area contributed by atoms with Crippen molar-refractivity contribution in [3.63, 3.8) is 0 Å². The number of benzene rings is 8. The Balaban J connectivity index is 0.955. The van der Waals surface area contributed by atoms with Gasteiger partial charge in [0.25, 0.3) is 0 Å². The van der Waals surface area contributed by atoms with E-state index in [2.05, 4.69) is 272 Å². The molecule has 0 atom stereocenters. The molecular formula is C67H64N4O. The van der Waals surface area contributed by atoms with E-state index >= 15 is 0 Å². The van der Waals surface area contributed by atoms with E-state index in [0.29, 0.717) is 6.67 Å². The van der Waals surface area contributed by atoms with Gasteiger partial charge in [0, 0.05) is 46.0 Å². The first-order valence-electron chi connectivity index (χ1n) is 25.4. The first-order chi connectivity index (χ1) is 34.5. The highest BCUT2D eigenvalue weighted by Crippen LogP contribution is 2.48. The molecule has 0 fully saturated rings. The molecule has 0 radical (unpaired) electrons. The largest absolute Gasteiger partial charge is 0.457 e. The van der Waals surface area contributed by atoms with E-state index < -0.39 is 0 Å². The van der Waals surface area contributed by atoms with Gasteiger partial charge in [-0.05, 0) is 140 Å². The van der Waals surface area contributed by atoms with Crippen LogP contribution in [0.4, 0.5) is 22.7 Å². The first kappa shape index (κ1) is 46.5. The second-order valence-corrected chi connectivity index (χ2v) is 22.7. The zero-order valence-electron chi connectivity index (χ0n) is 43.4. The molecule has 1 aliphatic rings. The molecule has 0 aliphatic carbocycles. The molecule has 358 valence electrons. The molecule has 1 aliphatic heterocycles. The zero-order valence-corrected chi connectivity index (χ0v) is 43.4. The van der Waals surface area contributed by atoms with Gasteiger partial charge in [-0.1, -0.05) is 172 Å². The lowest BCUT2D eigenvalue weighted by Crippen LogP contribution is -2.25. The lowest BCUT2D eigenvalue weighted by Gasteiger charge is -2.29. The van der Waals surface area contributed by atoms with Gasteiger partial charge in [-0.15, -0.1) is 0 Å². The van der Waals surface area contributed by atoms with Crippen LogP contribution in [0.5, 0.6) is 11.5 Å². The van der Waals surface area contributed by atoms with Gasteiger partial charge in [0.15, 0.2) is 0 Å². The predicted molar refractivity (Wildman–Crippen MR) is 304 cm³/mol. The third-order valence-electron chi connectivity index (χ3n) is 14.5. The minimum atomic E-state index is -0.0211. The summed E-state index contributed by atoms with van der Waals surface area (Å²) < 4.78 is 9.14. The van der Waals surface area contributed by atoms with Gasteiger partial charge < -0.3 is 14.5 Å². The quantitative estimate of drug-likeness (QED) is 0.152. The van der Waals surface area contributed by atoms with Crippen LogP contribution in [0.3, 0.4) is 0 Å². The summed E-state index contributed by atoms with van der Waals surface area (Å²) >= 11 is 0. The third kappa shape index (κ3) is 8.83. The highest BCUT2D eigenvalue weighted by atomic mass is 16.5. The normalized spacial score (nSPS) is 13.0. The van der Waals surface area contributed by atoms with Crippen molar-refractivity contribution in [2.24, 2.45) is 0 Å². The molecule has 3 heterocycles. The number of ether oxygens (including phenoxy) is 1. The number of hydrogen-bond acceptors (Lipinski definition) is 4. The lowest BCUT2D eigenvalue weighted by molar-refractivity contribution is 0.483. The fourth-order valence-electron chi connectivity index (χ4n) is 10.3. The number of rotatable bonds is 8. The van der Waals surface area contributed by atoms with Crippen LogP contribution in [0.25, 0.3) is 61.0 Å². The van der Waals surface area contributed by atoms with E-state index in [9.17, 15) is 0 Å². The monoisotopic (exact) mass is 941 g/mol. The molecule has 0 saturated carbocycles. The van der Waals surface area contributed by atoms with E-state index in [-0.39, 0.29) is 16.2 Å². The predicted octanol–water partition coefficient (Wildman–Crippen LogP) is 18.4. The number of aromatic nitrogens is 2. The molecule has 10 aromatic rings. The van der Waals surface area contributed by atoms with E-state index in [1.165, 1.54) is 55.7 Å². The van der Waals surface area contributed by atoms with Crippen LogP contribution in [-0.4, -0.2) is 16.2 Å². The standard InChI is InChI=1S/C67H64N4O/c1-44-33-64(68-42-59(44)49-23-16-21-46(34-49)45-19-12-11-13-20-45)71-60-28-15-14-27-57(60)58-31-30-56(41-62(58)71)72-55-26-18-25-53(40-55)69-43-70(54-38-51(66(5,6)7)37-52(39-54)67(8,9)10)63-36-48(29-32-61(63)69)47-22-17-24-50(35-47)65(2,3)4/h11-42H,43H2,1-10H3.